The fourth-order valence-corrected chi connectivity index (χ4v) is 3.80. The molecular formula is C19H22N4O2S. The molecule has 136 valence electrons. The molecule has 6 nitrogen and oxygen atoms in total. The quantitative estimate of drug-likeness (QED) is 0.691. The summed E-state index contributed by atoms with van der Waals surface area (Å²) in [6.45, 7) is 4.60. The van der Waals surface area contributed by atoms with E-state index < -0.39 is 12.0 Å². The molecule has 0 fully saturated rings. The smallest absolute Gasteiger partial charge is 0.325 e. The highest BCUT2D eigenvalue weighted by atomic mass is 32.1. The van der Waals surface area contributed by atoms with Crippen LogP contribution in [-0.2, 0) is 11.2 Å². The number of hydrogen-bond acceptors (Lipinski definition) is 5. The van der Waals surface area contributed by atoms with Crippen LogP contribution in [0.1, 0.15) is 27.7 Å². The van der Waals surface area contributed by atoms with E-state index >= 15 is 0 Å². The van der Waals surface area contributed by atoms with Crippen molar-refractivity contribution in [1.82, 2.24) is 19.7 Å². The number of carbonyl (C=O) groups is 1. The summed E-state index contributed by atoms with van der Waals surface area (Å²) in [5, 5.41) is 14.2. The number of aryl methyl sites for hydroxylation is 2. The molecule has 0 radical (unpaired) electrons. The van der Waals surface area contributed by atoms with Gasteiger partial charge in [-0.1, -0.05) is 12.1 Å². The number of aromatic nitrogens is 3. The van der Waals surface area contributed by atoms with Crippen molar-refractivity contribution in [2.24, 2.45) is 0 Å². The monoisotopic (exact) mass is 370 g/mol. The number of likely N-dealkylation sites (N-methyl/N-ethyl adjacent to an activating group) is 1. The van der Waals surface area contributed by atoms with Gasteiger partial charge in [0.05, 0.1) is 16.9 Å². The van der Waals surface area contributed by atoms with Crippen molar-refractivity contribution in [2.45, 2.75) is 26.3 Å². The number of nitrogens with zero attached hydrogens (tertiary/aromatic N) is 4. The molecule has 2 heterocycles. The van der Waals surface area contributed by atoms with E-state index in [0.29, 0.717) is 6.54 Å². The lowest BCUT2D eigenvalue weighted by molar-refractivity contribution is -0.143. The third-order valence-electron chi connectivity index (χ3n) is 4.44. The van der Waals surface area contributed by atoms with Gasteiger partial charge in [0.1, 0.15) is 6.04 Å². The fourth-order valence-electron chi connectivity index (χ4n) is 3.03. The van der Waals surface area contributed by atoms with Crippen LogP contribution in [0.15, 0.2) is 42.2 Å². The number of benzene rings is 1. The zero-order valence-corrected chi connectivity index (χ0v) is 15.9. The predicted molar refractivity (Wildman–Crippen MR) is 102 cm³/mol. The van der Waals surface area contributed by atoms with Crippen molar-refractivity contribution in [2.75, 3.05) is 13.6 Å². The van der Waals surface area contributed by atoms with Gasteiger partial charge in [0.15, 0.2) is 0 Å². The van der Waals surface area contributed by atoms with Crippen LogP contribution >= 0.6 is 11.3 Å². The lowest BCUT2D eigenvalue weighted by Gasteiger charge is -2.26. The van der Waals surface area contributed by atoms with Gasteiger partial charge in [-0.25, -0.2) is 9.67 Å². The molecular weight excluding hydrogens is 348 g/mol. The van der Waals surface area contributed by atoms with E-state index in [2.05, 4.69) is 10.1 Å². The number of rotatable bonds is 7. The van der Waals surface area contributed by atoms with Crippen LogP contribution in [0.4, 0.5) is 0 Å². The second kappa shape index (κ2) is 7.80. The Hall–Kier alpha value is -2.51. The largest absolute Gasteiger partial charge is 0.480 e. The summed E-state index contributed by atoms with van der Waals surface area (Å²) in [6.07, 6.45) is 4.30. The molecule has 0 unspecified atom stereocenters. The molecule has 0 aliphatic heterocycles. The van der Waals surface area contributed by atoms with Crippen LogP contribution in [0.2, 0.25) is 0 Å². The van der Waals surface area contributed by atoms with E-state index in [1.807, 2.05) is 61.8 Å². The van der Waals surface area contributed by atoms with Gasteiger partial charge in [-0.3, -0.25) is 9.69 Å². The summed E-state index contributed by atoms with van der Waals surface area (Å²) in [5.41, 5.74) is 5.43. The Labute approximate surface area is 156 Å². The molecule has 0 bridgehead atoms. The Balaban J connectivity index is 1.90. The molecule has 7 heteroatoms. The third kappa shape index (κ3) is 3.84. The second-order valence-electron chi connectivity index (χ2n) is 6.35. The number of carboxylic acid groups (broad SMARTS) is 1. The van der Waals surface area contributed by atoms with Crippen molar-refractivity contribution >= 4 is 17.3 Å². The first-order chi connectivity index (χ1) is 12.5. The normalized spacial score (nSPS) is 12.5. The zero-order valence-electron chi connectivity index (χ0n) is 15.1. The van der Waals surface area contributed by atoms with Crippen LogP contribution in [0.25, 0.3) is 5.69 Å². The molecule has 26 heavy (non-hydrogen) atoms. The SMILES string of the molecule is Cc1ccc([C@@H](C(=O)O)N(C)CCc2scnc2C)c(-n2cccn2)c1. The van der Waals surface area contributed by atoms with Crippen molar-refractivity contribution in [3.63, 3.8) is 0 Å². The first-order valence-corrected chi connectivity index (χ1v) is 9.28. The highest BCUT2D eigenvalue weighted by Gasteiger charge is 2.28. The van der Waals surface area contributed by atoms with Crippen molar-refractivity contribution in [3.8, 4) is 5.69 Å². The van der Waals surface area contributed by atoms with Crippen LogP contribution < -0.4 is 0 Å². The summed E-state index contributed by atoms with van der Waals surface area (Å²) >= 11 is 1.61. The Morgan fingerprint density at radius 1 is 1.38 bits per heavy atom. The lowest BCUT2D eigenvalue weighted by atomic mass is 10.0. The summed E-state index contributed by atoms with van der Waals surface area (Å²) in [4.78, 5) is 19.4. The second-order valence-corrected chi connectivity index (χ2v) is 7.28. The van der Waals surface area contributed by atoms with Crippen LogP contribution in [0.5, 0.6) is 0 Å². The maximum absolute atomic E-state index is 12.1. The standard InChI is InChI=1S/C19H22N4O2S/c1-13-5-6-15(16(11-13)23-9-4-8-21-23)18(19(24)25)22(3)10-7-17-14(2)20-12-26-17/h4-6,8-9,11-12,18H,7,10H2,1-3H3,(H,24,25)/t18-/m0/s1. The first-order valence-electron chi connectivity index (χ1n) is 8.40. The number of aliphatic carboxylic acids is 1. The van der Waals surface area contributed by atoms with Crippen molar-refractivity contribution in [1.29, 1.82) is 0 Å². The Bertz CT molecular complexity index is 889. The molecule has 0 saturated carbocycles. The topological polar surface area (TPSA) is 71.2 Å². The fraction of sp³-hybridized carbons (Fsp3) is 0.316. The molecule has 0 amide bonds. The molecule has 0 aliphatic rings. The van der Waals surface area contributed by atoms with Gasteiger partial charge < -0.3 is 5.11 Å². The minimum atomic E-state index is -0.870. The summed E-state index contributed by atoms with van der Waals surface area (Å²) in [5.74, 6) is -0.870. The lowest BCUT2D eigenvalue weighted by Crippen LogP contribution is -2.33. The Morgan fingerprint density at radius 2 is 2.19 bits per heavy atom. The minimum Gasteiger partial charge on any atom is -0.480 e. The highest BCUT2D eigenvalue weighted by Crippen LogP contribution is 2.27. The van der Waals surface area contributed by atoms with Gasteiger partial charge in [0, 0.05) is 29.4 Å². The Morgan fingerprint density at radius 3 is 2.81 bits per heavy atom. The third-order valence-corrected chi connectivity index (χ3v) is 5.44. The van der Waals surface area contributed by atoms with Crippen molar-refractivity contribution in [3.05, 3.63) is 63.9 Å². The number of hydrogen-bond donors (Lipinski definition) is 1. The molecule has 1 aromatic carbocycles. The van der Waals surface area contributed by atoms with Crippen LogP contribution in [0.3, 0.4) is 0 Å². The van der Waals surface area contributed by atoms with Gasteiger partial charge in [-0.05, 0) is 45.0 Å². The summed E-state index contributed by atoms with van der Waals surface area (Å²) < 4.78 is 1.72. The van der Waals surface area contributed by atoms with Gasteiger partial charge in [-0.15, -0.1) is 11.3 Å². The van der Waals surface area contributed by atoms with Crippen molar-refractivity contribution < 1.29 is 9.90 Å². The van der Waals surface area contributed by atoms with Gasteiger partial charge in [0.2, 0.25) is 0 Å². The summed E-state index contributed by atoms with van der Waals surface area (Å²) in [6, 6.07) is 6.89. The Kier molecular flexibility index (Phi) is 5.49. The van der Waals surface area contributed by atoms with E-state index in [9.17, 15) is 9.90 Å². The van der Waals surface area contributed by atoms with E-state index in [0.717, 1.165) is 28.9 Å². The molecule has 0 aliphatic carbocycles. The number of thiazole rings is 1. The molecule has 2 aromatic heterocycles. The molecule has 3 aromatic rings. The average Bonchev–Trinajstić information content (AvgIpc) is 3.26. The highest BCUT2D eigenvalue weighted by molar-refractivity contribution is 7.09. The van der Waals surface area contributed by atoms with E-state index in [-0.39, 0.29) is 0 Å². The van der Waals surface area contributed by atoms with Gasteiger partial charge >= 0.3 is 5.97 Å². The zero-order chi connectivity index (χ0) is 18.7. The maximum atomic E-state index is 12.1. The van der Waals surface area contributed by atoms with Crippen LogP contribution in [-0.4, -0.2) is 44.3 Å². The predicted octanol–water partition coefficient (Wildman–Crippen LogP) is 3.25. The summed E-state index contributed by atoms with van der Waals surface area (Å²) in [7, 11) is 1.85. The number of carboxylic acids is 1. The van der Waals surface area contributed by atoms with Crippen LogP contribution in [0, 0.1) is 13.8 Å². The molecule has 0 spiro atoms. The molecule has 1 atom stereocenters. The van der Waals surface area contributed by atoms with E-state index in [1.165, 1.54) is 4.88 Å². The van der Waals surface area contributed by atoms with E-state index in [4.69, 9.17) is 0 Å². The molecule has 1 N–H and O–H groups in total. The molecule has 0 saturated heterocycles. The van der Waals surface area contributed by atoms with Gasteiger partial charge in [-0.2, -0.15) is 5.10 Å². The van der Waals surface area contributed by atoms with Gasteiger partial charge in [0.25, 0.3) is 0 Å². The first kappa shape index (κ1) is 18.3. The minimum absolute atomic E-state index is 0.631. The maximum Gasteiger partial charge on any atom is 0.325 e. The average molecular weight is 370 g/mol. The van der Waals surface area contributed by atoms with E-state index in [1.54, 1.807) is 22.2 Å². The molecule has 3 rings (SSSR count).